The number of hydrogen-bond donors (Lipinski definition) is 3. The maximum absolute atomic E-state index is 13.2. The first-order valence-electron chi connectivity index (χ1n) is 7.93. The van der Waals surface area contributed by atoms with Crippen LogP contribution in [-0.2, 0) is 20.8 Å². The van der Waals surface area contributed by atoms with E-state index in [1.807, 2.05) is 0 Å². The van der Waals surface area contributed by atoms with Crippen molar-refractivity contribution in [2.24, 2.45) is 16.5 Å². The van der Waals surface area contributed by atoms with E-state index in [1.165, 1.54) is 13.8 Å². The Morgan fingerprint density at radius 2 is 1.73 bits per heavy atom. The van der Waals surface area contributed by atoms with Crippen LogP contribution in [0, 0.1) is 11.6 Å². The van der Waals surface area contributed by atoms with Crippen LogP contribution in [0.1, 0.15) is 32.3 Å². The highest BCUT2D eigenvalue weighted by atomic mass is 19.1. The van der Waals surface area contributed by atoms with Crippen molar-refractivity contribution in [3.05, 3.63) is 35.4 Å². The second-order valence-electron chi connectivity index (χ2n) is 6.24. The molecule has 0 aliphatic carbocycles. The number of amides is 3. The molecule has 0 saturated carbocycles. The summed E-state index contributed by atoms with van der Waals surface area (Å²) < 4.78 is 26.4. The molecule has 1 rings (SSSR count). The van der Waals surface area contributed by atoms with Gasteiger partial charge in [-0.1, -0.05) is 0 Å². The highest BCUT2D eigenvalue weighted by Crippen LogP contribution is 2.10. The molecule has 0 aliphatic rings. The minimum absolute atomic E-state index is 0.0901. The third kappa shape index (κ3) is 6.67. The van der Waals surface area contributed by atoms with E-state index in [0.717, 1.165) is 12.1 Å². The Morgan fingerprint density at radius 1 is 1.15 bits per heavy atom. The lowest BCUT2D eigenvalue weighted by Gasteiger charge is -2.22. The average Bonchev–Trinajstić information content (AvgIpc) is 2.49. The molecule has 0 unspecified atom stereocenters. The lowest BCUT2D eigenvalue weighted by atomic mass is 10.0. The molecule has 26 heavy (non-hydrogen) atoms. The monoisotopic (exact) mass is 368 g/mol. The van der Waals surface area contributed by atoms with Crippen molar-refractivity contribution >= 4 is 23.4 Å². The molecule has 3 amide bonds. The standard InChI is InChI=1S/C17H22F2N4O3/c1-17(2,16(21)26)23-15(25)13(4-3-5-20)22-14(24)8-10-6-11(18)9-12(19)7-10/h6-7,9H,3-5,8,20H2,1-2H3,(H2,21,26)(H,23,25)/b22-13+. The SMILES string of the molecule is CC(C)(NC(=O)/C(CCCN)=N/C(=O)Cc1cc(F)cc(F)c1)C(N)=O. The lowest BCUT2D eigenvalue weighted by molar-refractivity contribution is -0.127. The molecule has 0 bridgehead atoms. The van der Waals surface area contributed by atoms with Crippen LogP contribution in [-0.4, -0.2) is 35.5 Å². The summed E-state index contributed by atoms with van der Waals surface area (Å²) in [7, 11) is 0. The molecule has 9 heteroatoms. The number of nitrogens with one attached hydrogen (secondary N) is 1. The minimum Gasteiger partial charge on any atom is -0.368 e. The highest BCUT2D eigenvalue weighted by molar-refractivity contribution is 6.40. The highest BCUT2D eigenvalue weighted by Gasteiger charge is 2.28. The van der Waals surface area contributed by atoms with Gasteiger partial charge in [0, 0.05) is 6.07 Å². The normalized spacial score (nSPS) is 12.0. The van der Waals surface area contributed by atoms with E-state index < -0.39 is 34.9 Å². The smallest absolute Gasteiger partial charge is 0.266 e. The van der Waals surface area contributed by atoms with Crippen molar-refractivity contribution in [3.8, 4) is 0 Å². The molecule has 7 nitrogen and oxygen atoms in total. The van der Waals surface area contributed by atoms with Gasteiger partial charge in [-0.25, -0.2) is 13.8 Å². The van der Waals surface area contributed by atoms with Gasteiger partial charge in [0.1, 0.15) is 22.9 Å². The fourth-order valence-electron chi connectivity index (χ4n) is 1.98. The first kappa shape index (κ1) is 21.4. The first-order chi connectivity index (χ1) is 12.0. The number of nitrogens with zero attached hydrogens (tertiary/aromatic N) is 1. The summed E-state index contributed by atoms with van der Waals surface area (Å²) in [4.78, 5) is 39.4. The zero-order chi connectivity index (χ0) is 19.9. The van der Waals surface area contributed by atoms with Crippen molar-refractivity contribution < 1.29 is 23.2 Å². The quantitative estimate of drug-likeness (QED) is 0.580. The molecule has 1 aromatic carbocycles. The van der Waals surface area contributed by atoms with E-state index in [-0.39, 0.29) is 30.7 Å². The van der Waals surface area contributed by atoms with Crippen molar-refractivity contribution in [3.63, 3.8) is 0 Å². The topological polar surface area (TPSA) is 128 Å². The molecular formula is C17H22F2N4O3. The van der Waals surface area contributed by atoms with Gasteiger partial charge in [-0.15, -0.1) is 0 Å². The van der Waals surface area contributed by atoms with Gasteiger partial charge in [0.2, 0.25) is 5.91 Å². The molecule has 0 aromatic heterocycles. The summed E-state index contributed by atoms with van der Waals surface area (Å²) in [6, 6.07) is 2.70. The molecule has 0 heterocycles. The Labute approximate surface area is 149 Å². The Hall–Kier alpha value is -2.68. The number of nitrogens with two attached hydrogens (primary N) is 2. The van der Waals surface area contributed by atoms with Crippen LogP contribution >= 0.6 is 0 Å². The molecule has 0 spiro atoms. The number of primary amides is 1. The number of halogens is 2. The van der Waals surface area contributed by atoms with Crippen LogP contribution in [0.15, 0.2) is 23.2 Å². The Balaban J connectivity index is 2.97. The number of benzene rings is 1. The molecule has 0 radical (unpaired) electrons. The number of hydrogen-bond acceptors (Lipinski definition) is 4. The van der Waals surface area contributed by atoms with Crippen molar-refractivity contribution in [2.45, 2.75) is 38.6 Å². The summed E-state index contributed by atoms with van der Waals surface area (Å²) in [6.45, 7) is 3.07. The summed E-state index contributed by atoms with van der Waals surface area (Å²) >= 11 is 0. The molecule has 0 fully saturated rings. The van der Waals surface area contributed by atoms with E-state index in [4.69, 9.17) is 11.5 Å². The first-order valence-corrected chi connectivity index (χ1v) is 7.93. The third-order valence-electron chi connectivity index (χ3n) is 3.46. The van der Waals surface area contributed by atoms with Gasteiger partial charge in [0.05, 0.1) is 6.42 Å². The van der Waals surface area contributed by atoms with Crippen LogP contribution in [0.3, 0.4) is 0 Å². The maximum atomic E-state index is 13.2. The Bertz CT molecular complexity index is 712. The van der Waals surface area contributed by atoms with E-state index in [1.54, 1.807) is 0 Å². The molecule has 5 N–H and O–H groups in total. The molecule has 0 saturated heterocycles. The molecule has 0 atom stereocenters. The maximum Gasteiger partial charge on any atom is 0.266 e. The predicted molar refractivity (Wildman–Crippen MR) is 92.2 cm³/mol. The second kappa shape index (κ2) is 9.14. The average molecular weight is 368 g/mol. The van der Waals surface area contributed by atoms with Gasteiger partial charge in [0.25, 0.3) is 11.8 Å². The van der Waals surface area contributed by atoms with Crippen molar-refractivity contribution in [1.82, 2.24) is 5.32 Å². The van der Waals surface area contributed by atoms with Gasteiger partial charge >= 0.3 is 0 Å². The molecule has 142 valence electrons. The molecular weight excluding hydrogens is 346 g/mol. The van der Waals surface area contributed by atoms with E-state index in [2.05, 4.69) is 10.3 Å². The van der Waals surface area contributed by atoms with Gasteiger partial charge in [-0.2, -0.15) is 0 Å². The van der Waals surface area contributed by atoms with E-state index >= 15 is 0 Å². The fraction of sp³-hybridized carbons (Fsp3) is 0.412. The van der Waals surface area contributed by atoms with E-state index in [0.29, 0.717) is 12.5 Å². The van der Waals surface area contributed by atoms with Crippen LogP contribution in [0.4, 0.5) is 8.78 Å². The Morgan fingerprint density at radius 3 is 2.23 bits per heavy atom. The summed E-state index contributed by atoms with van der Waals surface area (Å²) in [5.41, 5.74) is 9.23. The zero-order valence-corrected chi connectivity index (χ0v) is 14.6. The van der Waals surface area contributed by atoms with Gasteiger partial charge in [-0.3, -0.25) is 14.4 Å². The van der Waals surface area contributed by atoms with Crippen LogP contribution < -0.4 is 16.8 Å². The van der Waals surface area contributed by atoms with Crippen LogP contribution in [0.5, 0.6) is 0 Å². The summed E-state index contributed by atoms with van der Waals surface area (Å²) in [5, 5.41) is 2.39. The van der Waals surface area contributed by atoms with Gasteiger partial charge in [-0.05, 0) is 50.9 Å². The Kier molecular flexibility index (Phi) is 7.51. The number of aliphatic imine (C=N–C) groups is 1. The predicted octanol–water partition coefficient (Wildman–Crippen LogP) is 0.594. The number of rotatable bonds is 8. The van der Waals surface area contributed by atoms with Gasteiger partial charge < -0.3 is 16.8 Å². The van der Waals surface area contributed by atoms with E-state index in [9.17, 15) is 23.2 Å². The number of carbonyl (C=O) groups is 3. The van der Waals surface area contributed by atoms with Crippen LogP contribution in [0.2, 0.25) is 0 Å². The molecule has 0 aliphatic heterocycles. The van der Waals surface area contributed by atoms with Crippen molar-refractivity contribution in [2.75, 3.05) is 6.54 Å². The van der Waals surface area contributed by atoms with Gasteiger partial charge in [0.15, 0.2) is 0 Å². The molecule has 1 aromatic rings. The largest absolute Gasteiger partial charge is 0.368 e. The lowest BCUT2D eigenvalue weighted by Crippen LogP contribution is -2.54. The summed E-state index contributed by atoms with van der Waals surface area (Å²) in [6.07, 6.45) is 0.0961. The summed E-state index contributed by atoms with van der Waals surface area (Å²) in [5.74, 6) is -3.89. The minimum atomic E-state index is -1.34. The fourth-order valence-corrected chi connectivity index (χ4v) is 1.98. The van der Waals surface area contributed by atoms with Crippen LogP contribution in [0.25, 0.3) is 0 Å². The van der Waals surface area contributed by atoms with Crippen molar-refractivity contribution in [1.29, 1.82) is 0 Å². The third-order valence-corrected chi connectivity index (χ3v) is 3.46. The second-order valence-corrected chi connectivity index (χ2v) is 6.24. The number of carbonyl (C=O) groups excluding carboxylic acids is 3. The zero-order valence-electron chi connectivity index (χ0n) is 14.6.